The van der Waals surface area contributed by atoms with E-state index in [0.29, 0.717) is 18.9 Å². The molecule has 0 aromatic heterocycles. The van der Waals surface area contributed by atoms with Gasteiger partial charge in [0.15, 0.2) is 0 Å². The van der Waals surface area contributed by atoms with Gasteiger partial charge in [0, 0.05) is 19.3 Å². The van der Waals surface area contributed by atoms with Crippen LogP contribution in [0.25, 0.3) is 0 Å². The van der Waals surface area contributed by atoms with E-state index < -0.39 is 0 Å². The van der Waals surface area contributed by atoms with Crippen LogP contribution >= 0.6 is 0 Å². The fourth-order valence-corrected chi connectivity index (χ4v) is 2.95. The third kappa shape index (κ3) is 5.93. The van der Waals surface area contributed by atoms with Crippen LogP contribution in [0.4, 0.5) is 5.69 Å². The molecule has 0 heterocycles. The molecule has 2 aromatic carbocycles. The fourth-order valence-electron chi connectivity index (χ4n) is 2.95. The van der Waals surface area contributed by atoms with Crippen molar-refractivity contribution in [3.8, 4) is 0 Å². The first kappa shape index (κ1) is 19.1. The summed E-state index contributed by atoms with van der Waals surface area (Å²) in [6.07, 6.45) is 2.75. The van der Waals surface area contributed by atoms with Crippen molar-refractivity contribution >= 4 is 17.5 Å². The molecular weight excluding hydrogens is 340 g/mol. The van der Waals surface area contributed by atoms with E-state index >= 15 is 0 Å². The molecule has 1 fully saturated rings. The second-order valence-corrected chi connectivity index (χ2v) is 6.99. The zero-order chi connectivity index (χ0) is 19.1. The number of rotatable bonds is 9. The molecule has 0 aliphatic heterocycles. The maximum Gasteiger partial charge on any atom is 0.253 e. The Morgan fingerprint density at radius 2 is 1.81 bits per heavy atom. The van der Waals surface area contributed by atoms with E-state index in [1.807, 2.05) is 54.6 Å². The molecule has 0 saturated heterocycles. The number of hydrogen-bond acceptors (Lipinski definition) is 3. The Morgan fingerprint density at radius 3 is 2.52 bits per heavy atom. The van der Waals surface area contributed by atoms with Crippen molar-refractivity contribution in [2.75, 3.05) is 25.2 Å². The Kier molecular flexibility index (Phi) is 6.60. The van der Waals surface area contributed by atoms with Gasteiger partial charge in [-0.2, -0.15) is 0 Å². The van der Waals surface area contributed by atoms with E-state index in [1.54, 1.807) is 4.90 Å². The number of carbonyl (C=O) groups excluding carboxylic acids is 2. The number of benzene rings is 2. The molecule has 1 aliphatic carbocycles. The number of methoxy groups -OCH3 is 1. The summed E-state index contributed by atoms with van der Waals surface area (Å²) in [6, 6.07) is 17.4. The molecule has 2 amide bonds. The van der Waals surface area contributed by atoms with Crippen molar-refractivity contribution in [1.29, 1.82) is 0 Å². The summed E-state index contributed by atoms with van der Waals surface area (Å²) in [5, 5.41) is 2.99. The van der Waals surface area contributed by atoms with Crippen LogP contribution in [0.1, 0.15) is 24.0 Å². The Bertz CT molecular complexity index is 772. The lowest BCUT2D eigenvalue weighted by Crippen LogP contribution is -2.33. The minimum Gasteiger partial charge on any atom is -0.375 e. The van der Waals surface area contributed by atoms with Crippen LogP contribution in [0.2, 0.25) is 0 Å². The normalized spacial score (nSPS) is 13.2. The highest BCUT2D eigenvalue weighted by molar-refractivity contribution is 5.94. The van der Waals surface area contributed by atoms with Gasteiger partial charge in [-0.25, -0.2) is 0 Å². The molecule has 0 spiro atoms. The van der Waals surface area contributed by atoms with Gasteiger partial charge in [-0.3, -0.25) is 9.59 Å². The van der Waals surface area contributed by atoms with Crippen LogP contribution < -0.4 is 10.2 Å². The largest absolute Gasteiger partial charge is 0.375 e. The van der Waals surface area contributed by atoms with Crippen LogP contribution in [0.3, 0.4) is 0 Å². The Morgan fingerprint density at radius 1 is 1.07 bits per heavy atom. The highest BCUT2D eigenvalue weighted by Gasteiger charge is 2.22. The van der Waals surface area contributed by atoms with Crippen molar-refractivity contribution in [3.63, 3.8) is 0 Å². The Balaban J connectivity index is 1.72. The van der Waals surface area contributed by atoms with E-state index in [9.17, 15) is 9.59 Å². The summed E-state index contributed by atoms with van der Waals surface area (Å²) in [7, 11) is 1.51. The van der Waals surface area contributed by atoms with Crippen molar-refractivity contribution < 1.29 is 14.3 Å². The summed E-state index contributed by atoms with van der Waals surface area (Å²) in [5.74, 6) is 0.571. The molecule has 3 rings (SSSR count). The molecule has 0 radical (unpaired) electrons. The molecule has 0 bridgehead atoms. The lowest BCUT2D eigenvalue weighted by Gasteiger charge is -2.23. The Labute approximate surface area is 160 Å². The van der Waals surface area contributed by atoms with E-state index in [2.05, 4.69) is 5.32 Å². The third-order valence-electron chi connectivity index (χ3n) is 4.62. The standard InChI is InChI=1S/C22H26N2O3/c1-27-16-22(26)24(15-18-6-3-2-4-7-18)20-9-5-8-19(12-20)13-21(25)23-14-17-10-11-17/h2-9,12,17H,10-11,13-16H2,1H3,(H,23,25). The molecule has 1 N–H and O–H groups in total. The van der Waals surface area contributed by atoms with Crippen LogP contribution in [-0.2, 0) is 27.3 Å². The second-order valence-electron chi connectivity index (χ2n) is 6.99. The number of carbonyl (C=O) groups is 2. The van der Waals surface area contributed by atoms with Crippen molar-refractivity contribution in [2.45, 2.75) is 25.8 Å². The highest BCUT2D eigenvalue weighted by Crippen LogP contribution is 2.27. The van der Waals surface area contributed by atoms with Gasteiger partial charge in [0.1, 0.15) is 6.61 Å². The van der Waals surface area contributed by atoms with Gasteiger partial charge in [-0.1, -0.05) is 42.5 Å². The lowest BCUT2D eigenvalue weighted by molar-refractivity contribution is -0.122. The van der Waals surface area contributed by atoms with Gasteiger partial charge in [-0.15, -0.1) is 0 Å². The summed E-state index contributed by atoms with van der Waals surface area (Å²) in [4.78, 5) is 26.4. The van der Waals surface area contributed by atoms with Gasteiger partial charge in [-0.05, 0) is 42.0 Å². The quantitative estimate of drug-likeness (QED) is 0.742. The molecule has 0 unspecified atom stereocenters. The molecule has 1 aliphatic rings. The fraction of sp³-hybridized carbons (Fsp3) is 0.364. The highest BCUT2D eigenvalue weighted by atomic mass is 16.5. The second kappa shape index (κ2) is 9.33. The van der Waals surface area contributed by atoms with Gasteiger partial charge >= 0.3 is 0 Å². The smallest absolute Gasteiger partial charge is 0.253 e. The number of nitrogens with one attached hydrogen (secondary N) is 1. The topological polar surface area (TPSA) is 58.6 Å². The SMILES string of the molecule is COCC(=O)N(Cc1ccccc1)c1cccc(CC(=O)NCC2CC2)c1. The van der Waals surface area contributed by atoms with E-state index in [0.717, 1.165) is 23.4 Å². The minimum absolute atomic E-state index is 0.0128. The van der Waals surface area contributed by atoms with Crippen molar-refractivity contribution in [3.05, 3.63) is 65.7 Å². The molecular formula is C22H26N2O3. The van der Waals surface area contributed by atoms with Gasteiger partial charge < -0.3 is 15.0 Å². The Hall–Kier alpha value is -2.66. The summed E-state index contributed by atoms with van der Waals surface area (Å²) < 4.78 is 5.04. The zero-order valence-corrected chi connectivity index (χ0v) is 15.7. The first-order valence-electron chi connectivity index (χ1n) is 9.34. The molecule has 0 atom stereocenters. The van der Waals surface area contributed by atoms with E-state index in [1.165, 1.54) is 20.0 Å². The van der Waals surface area contributed by atoms with Crippen LogP contribution in [0, 0.1) is 5.92 Å². The first-order chi connectivity index (χ1) is 13.2. The van der Waals surface area contributed by atoms with Gasteiger partial charge in [0.2, 0.25) is 5.91 Å². The van der Waals surface area contributed by atoms with Crippen molar-refractivity contribution in [1.82, 2.24) is 5.32 Å². The molecule has 5 heteroatoms. The summed E-state index contributed by atoms with van der Waals surface area (Å²) in [5.41, 5.74) is 2.70. The zero-order valence-electron chi connectivity index (χ0n) is 15.7. The first-order valence-corrected chi connectivity index (χ1v) is 9.34. The molecule has 142 valence electrons. The monoisotopic (exact) mass is 366 g/mol. The maximum atomic E-state index is 12.6. The summed E-state index contributed by atoms with van der Waals surface area (Å²) >= 11 is 0. The lowest BCUT2D eigenvalue weighted by atomic mass is 10.1. The number of ether oxygens (including phenoxy) is 1. The number of hydrogen-bond donors (Lipinski definition) is 1. The summed E-state index contributed by atoms with van der Waals surface area (Å²) in [6.45, 7) is 1.24. The van der Waals surface area contributed by atoms with Crippen LogP contribution in [0.15, 0.2) is 54.6 Å². The predicted molar refractivity (Wildman–Crippen MR) is 105 cm³/mol. The molecule has 27 heavy (non-hydrogen) atoms. The number of nitrogens with zero attached hydrogens (tertiary/aromatic N) is 1. The van der Waals surface area contributed by atoms with Gasteiger partial charge in [0.05, 0.1) is 13.0 Å². The van der Waals surface area contributed by atoms with E-state index in [-0.39, 0.29) is 18.4 Å². The van der Waals surface area contributed by atoms with E-state index in [4.69, 9.17) is 4.74 Å². The predicted octanol–water partition coefficient (Wildman–Crippen LogP) is 2.93. The average molecular weight is 366 g/mol. The van der Waals surface area contributed by atoms with Crippen LogP contribution in [0.5, 0.6) is 0 Å². The molecule has 2 aromatic rings. The number of anilines is 1. The molecule has 5 nitrogen and oxygen atoms in total. The van der Waals surface area contributed by atoms with Crippen LogP contribution in [-0.4, -0.2) is 32.1 Å². The average Bonchev–Trinajstić information content (AvgIpc) is 3.50. The molecule has 1 saturated carbocycles. The number of amides is 2. The third-order valence-corrected chi connectivity index (χ3v) is 4.62. The van der Waals surface area contributed by atoms with Gasteiger partial charge in [0.25, 0.3) is 5.91 Å². The minimum atomic E-state index is -0.114. The maximum absolute atomic E-state index is 12.6. The van der Waals surface area contributed by atoms with Crippen molar-refractivity contribution in [2.24, 2.45) is 5.92 Å².